The zero-order valence-electron chi connectivity index (χ0n) is 12.9. The van der Waals surface area contributed by atoms with Crippen molar-refractivity contribution < 1.29 is 0 Å². The molecule has 1 fully saturated rings. The van der Waals surface area contributed by atoms with Crippen molar-refractivity contribution in [3.8, 4) is 0 Å². The second kappa shape index (κ2) is 6.92. The Hall–Kier alpha value is -1.88. The molecule has 0 unspecified atom stereocenters. The van der Waals surface area contributed by atoms with E-state index in [1.54, 1.807) is 0 Å². The molecular formula is C17H22N4S. The van der Waals surface area contributed by atoms with Gasteiger partial charge in [-0.2, -0.15) is 5.10 Å². The number of aryl methyl sites for hydroxylation is 1. The summed E-state index contributed by atoms with van der Waals surface area (Å²) in [7, 11) is 0. The molecule has 1 aromatic heterocycles. The van der Waals surface area contributed by atoms with Crippen LogP contribution in [0, 0.1) is 6.92 Å². The third-order valence-electron chi connectivity index (χ3n) is 4.11. The lowest BCUT2D eigenvalue weighted by Crippen LogP contribution is -2.23. The molecule has 0 atom stereocenters. The van der Waals surface area contributed by atoms with Crippen molar-refractivity contribution in [1.29, 1.82) is 0 Å². The van der Waals surface area contributed by atoms with Crippen LogP contribution in [0.1, 0.15) is 43.7 Å². The number of hydrogen-bond donors (Lipinski definition) is 2. The molecule has 0 spiro atoms. The van der Waals surface area contributed by atoms with Crippen LogP contribution in [0.4, 0.5) is 11.5 Å². The monoisotopic (exact) mass is 314 g/mol. The first-order chi connectivity index (χ1) is 10.7. The summed E-state index contributed by atoms with van der Waals surface area (Å²) in [5.41, 5.74) is 2.21. The van der Waals surface area contributed by atoms with Gasteiger partial charge in [-0.1, -0.05) is 31.4 Å². The number of aromatic nitrogens is 2. The maximum atomic E-state index is 5.42. The Labute approximate surface area is 136 Å². The molecule has 0 amide bonds. The highest BCUT2D eigenvalue weighted by atomic mass is 32.1. The normalized spacial score (nSPS) is 15.5. The molecule has 2 aromatic rings. The van der Waals surface area contributed by atoms with E-state index in [-0.39, 0.29) is 0 Å². The maximum Gasteiger partial charge on any atom is 0.176 e. The van der Waals surface area contributed by atoms with Crippen molar-refractivity contribution in [2.24, 2.45) is 0 Å². The van der Waals surface area contributed by atoms with Crippen LogP contribution >= 0.6 is 12.2 Å². The van der Waals surface area contributed by atoms with Gasteiger partial charge in [-0.25, -0.2) is 4.68 Å². The number of rotatable bonds is 3. The summed E-state index contributed by atoms with van der Waals surface area (Å²) in [6.07, 6.45) is 8.16. The van der Waals surface area contributed by atoms with Crippen LogP contribution < -0.4 is 10.6 Å². The number of hydrogen-bond acceptors (Lipinski definition) is 2. The van der Waals surface area contributed by atoms with E-state index < -0.39 is 0 Å². The van der Waals surface area contributed by atoms with Gasteiger partial charge in [0, 0.05) is 11.8 Å². The lowest BCUT2D eigenvalue weighted by Gasteiger charge is -2.24. The average Bonchev–Trinajstić information content (AvgIpc) is 2.96. The van der Waals surface area contributed by atoms with Crippen molar-refractivity contribution in [2.75, 3.05) is 10.6 Å². The summed E-state index contributed by atoms with van der Waals surface area (Å²) in [6, 6.07) is 10.7. The second-order valence-electron chi connectivity index (χ2n) is 5.90. The summed E-state index contributed by atoms with van der Waals surface area (Å²) >= 11 is 5.42. The van der Waals surface area contributed by atoms with Crippen LogP contribution in [0.5, 0.6) is 0 Å². The quantitative estimate of drug-likeness (QED) is 0.818. The molecule has 116 valence electrons. The van der Waals surface area contributed by atoms with E-state index in [1.165, 1.54) is 37.7 Å². The number of nitrogens with zero attached hydrogens (tertiary/aromatic N) is 2. The molecule has 1 aliphatic rings. The van der Waals surface area contributed by atoms with E-state index in [0.29, 0.717) is 11.2 Å². The topological polar surface area (TPSA) is 41.9 Å². The van der Waals surface area contributed by atoms with Gasteiger partial charge in [0.25, 0.3) is 0 Å². The van der Waals surface area contributed by atoms with Crippen molar-refractivity contribution in [2.45, 2.75) is 45.1 Å². The zero-order chi connectivity index (χ0) is 15.4. The Morgan fingerprint density at radius 2 is 2.00 bits per heavy atom. The SMILES string of the molecule is Cc1cccc(NC(=S)Nc2ccnn2C2CCCCC2)c1. The van der Waals surface area contributed by atoms with Crippen LogP contribution in [-0.2, 0) is 0 Å². The molecule has 0 aliphatic heterocycles. The summed E-state index contributed by atoms with van der Waals surface area (Å²) in [5, 5.41) is 11.6. The third kappa shape index (κ3) is 3.65. The molecule has 1 aliphatic carbocycles. The van der Waals surface area contributed by atoms with E-state index in [2.05, 4.69) is 39.5 Å². The van der Waals surface area contributed by atoms with Gasteiger partial charge >= 0.3 is 0 Å². The Balaban J connectivity index is 1.65. The molecule has 3 rings (SSSR count). The van der Waals surface area contributed by atoms with E-state index in [0.717, 1.165) is 11.5 Å². The average molecular weight is 314 g/mol. The van der Waals surface area contributed by atoms with Gasteiger partial charge in [-0.3, -0.25) is 0 Å². The lowest BCUT2D eigenvalue weighted by atomic mass is 9.96. The van der Waals surface area contributed by atoms with E-state index in [1.807, 2.05) is 24.4 Å². The fourth-order valence-electron chi connectivity index (χ4n) is 3.03. The van der Waals surface area contributed by atoms with E-state index in [9.17, 15) is 0 Å². The van der Waals surface area contributed by atoms with Gasteiger partial charge in [0.2, 0.25) is 0 Å². The number of anilines is 2. The highest BCUT2D eigenvalue weighted by Gasteiger charge is 2.18. The highest BCUT2D eigenvalue weighted by molar-refractivity contribution is 7.80. The Morgan fingerprint density at radius 1 is 1.18 bits per heavy atom. The molecule has 1 heterocycles. The first kappa shape index (κ1) is 15.0. The molecule has 0 saturated heterocycles. The molecule has 1 aromatic carbocycles. The second-order valence-corrected chi connectivity index (χ2v) is 6.31. The van der Waals surface area contributed by atoms with Crippen molar-refractivity contribution in [3.63, 3.8) is 0 Å². The summed E-state index contributed by atoms with van der Waals surface area (Å²) < 4.78 is 2.09. The highest BCUT2D eigenvalue weighted by Crippen LogP contribution is 2.29. The van der Waals surface area contributed by atoms with Crippen LogP contribution in [0.25, 0.3) is 0 Å². The number of thiocarbonyl (C=S) groups is 1. The molecular weight excluding hydrogens is 292 g/mol. The Bertz CT molecular complexity index is 644. The van der Waals surface area contributed by atoms with Gasteiger partial charge in [0.05, 0.1) is 12.2 Å². The minimum Gasteiger partial charge on any atom is -0.332 e. The van der Waals surface area contributed by atoms with E-state index in [4.69, 9.17) is 12.2 Å². The molecule has 0 radical (unpaired) electrons. The summed E-state index contributed by atoms with van der Waals surface area (Å²) in [4.78, 5) is 0. The standard InChI is InChI=1S/C17H22N4S/c1-13-6-5-7-14(12-13)19-17(22)20-16-10-11-18-21(16)15-8-3-2-4-9-15/h5-7,10-12,15H,2-4,8-9H2,1H3,(H2,19,20,22). The van der Waals surface area contributed by atoms with Gasteiger partial charge in [-0.05, 0) is 49.7 Å². The number of benzene rings is 1. The lowest BCUT2D eigenvalue weighted by molar-refractivity contribution is 0.333. The van der Waals surface area contributed by atoms with Crippen LogP contribution in [-0.4, -0.2) is 14.9 Å². The molecule has 1 saturated carbocycles. The van der Waals surface area contributed by atoms with Gasteiger partial charge in [-0.15, -0.1) is 0 Å². The Morgan fingerprint density at radius 3 is 2.77 bits per heavy atom. The fraction of sp³-hybridized carbons (Fsp3) is 0.412. The third-order valence-corrected chi connectivity index (χ3v) is 4.31. The first-order valence-corrected chi connectivity index (χ1v) is 8.31. The first-order valence-electron chi connectivity index (χ1n) is 7.90. The fourth-order valence-corrected chi connectivity index (χ4v) is 3.25. The maximum absolute atomic E-state index is 5.42. The van der Waals surface area contributed by atoms with Gasteiger partial charge < -0.3 is 10.6 Å². The number of nitrogens with one attached hydrogen (secondary N) is 2. The van der Waals surface area contributed by atoms with Gasteiger partial charge in [0.1, 0.15) is 5.82 Å². The summed E-state index contributed by atoms with van der Waals surface area (Å²) in [5.74, 6) is 0.969. The zero-order valence-corrected chi connectivity index (χ0v) is 13.7. The minimum absolute atomic E-state index is 0.494. The van der Waals surface area contributed by atoms with Crippen LogP contribution in [0.2, 0.25) is 0 Å². The van der Waals surface area contributed by atoms with Crippen molar-refractivity contribution in [3.05, 3.63) is 42.1 Å². The predicted octanol–water partition coefficient (Wildman–Crippen LogP) is 4.51. The summed E-state index contributed by atoms with van der Waals surface area (Å²) in [6.45, 7) is 2.07. The van der Waals surface area contributed by atoms with Crippen molar-refractivity contribution in [1.82, 2.24) is 9.78 Å². The molecule has 5 heteroatoms. The largest absolute Gasteiger partial charge is 0.332 e. The Kier molecular flexibility index (Phi) is 4.73. The van der Waals surface area contributed by atoms with Crippen LogP contribution in [0.3, 0.4) is 0 Å². The van der Waals surface area contributed by atoms with Crippen molar-refractivity contribution >= 4 is 28.8 Å². The molecule has 0 bridgehead atoms. The molecule has 2 N–H and O–H groups in total. The smallest absolute Gasteiger partial charge is 0.176 e. The minimum atomic E-state index is 0.494. The van der Waals surface area contributed by atoms with Crippen LogP contribution in [0.15, 0.2) is 36.5 Å². The predicted molar refractivity (Wildman–Crippen MR) is 95.4 cm³/mol. The molecule has 22 heavy (non-hydrogen) atoms. The molecule has 4 nitrogen and oxygen atoms in total. The van der Waals surface area contributed by atoms with Gasteiger partial charge in [0.15, 0.2) is 5.11 Å². The van der Waals surface area contributed by atoms with E-state index >= 15 is 0 Å².